The molecule has 3 rings (SSSR count). The maximum atomic E-state index is 12.4. The number of aromatic nitrogens is 1. The molecule has 1 amide bonds. The molecular weight excluding hydrogens is 374 g/mol. The minimum atomic E-state index is 0.00931. The lowest BCUT2D eigenvalue weighted by Crippen LogP contribution is -2.35. The fourth-order valence-electron chi connectivity index (χ4n) is 2.91. The van der Waals surface area contributed by atoms with Crippen molar-refractivity contribution in [1.82, 2.24) is 15.2 Å². The van der Waals surface area contributed by atoms with Gasteiger partial charge in [0.05, 0.1) is 23.0 Å². The highest BCUT2D eigenvalue weighted by Gasteiger charge is 2.16. The van der Waals surface area contributed by atoms with Crippen molar-refractivity contribution in [3.8, 4) is 9.88 Å². The Morgan fingerprint density at radius 2 is 1.96 bits per heavy atom. The molecule has 0 aliphatic heterocycles. The Bertz CT molecular complexity index is 854. The first-order chi connectivity index (χ1) is 13.1. The van der Waals surface area contributed by atoms with Crippen molar-refractivity contribution in [3.63, 3.8) is 0 Å². The van der Waals surface area contributed by atoms with Gasteiger partial charge in [0.2, 0.25) is 5.91 Å². The average molecular weight is 400 g/mol. The minimum Gasteiger partial charge on any atom is -0.354 e. The molecule has 0 spiro atoms. The highest BCUT2D eigenvalue weighted by Crippen LogP contribution is 2.27. The molecular formula is C21H25N3OS2. The van der Waals surface area contributed by atoms with E-state index in [9.17, 15) is 4.79 Å². The van der Waals surface area contributed by atoms with E-state index >= 15 is 0 Å². The minimum absolute atomic E-state index is 0.00931. The predicted molar refractivity (Wildman–Crippen MR) is 114 cm³/mol. The van der Waals surface area contributed by atoms with E-state index in [0.29, 0.717) is 13.0 Å². The molecule has 1 N–H and O–H groups in total. The van der Waals surface area contributed by atoms with Crippen LogP contribution in [0.4, 0.5) is 0 Å². The van der Waals surface area contributed by atoms with Crippen LogP contribution in [0.5, 0.6) is 0 Å². The normalized spacial score (nSPS) is 12.3. The van der Waals surface area contributed by atoms with Gasteiger partial charge >= 0.3 is 0 Å². The molecule has 0 aliphatic rings. The summed E-state index contributed by atoms with van der Waals surface area (Å²) in [5.74, 6) is 0.00931. The summed E-state index contributed by atoms with van der Waals surface area (Å²) in [5, 5.41) is 8.06. The van der Waals surface area contributed by atoms with Gasteiger partial charge in [0.25, 0.3) is 0 Å². The second-order valence-corrected chi connectivity index (χ2v) is 8.48. The number of carbonyl (C=O) groups is 1. The van der Waals surface area contributed by atoms with E-state index in [0.717, 1.165) is 22.0 Å². The number of hydrogen-bond acceptors (Lipinski definition) is 5. The highest BCUT2D eigenvalue weighted by molar-refractivity contribution is 7.20. The highest BCUT2D eigenvalue weighted by atomic mass is 32.1. The van der Waals surface area contributed by atoms with Crippen LogP contribution in [-0.4, -0.2) is 36.4 Å². The number of nitrogens with zero attached hydrogens (tertiary/aromatic N) is 2. The summed E-state index contributed by atoms with van der Waals surface area (Å²) in [4.78, 5) is 20.3. The number of rotatable bonds is 8. The molecule has 3 aromatic rings. The van der Waals surface area contributed by atoms with E-state index in [-0.39, 0.29) is 11.9 Å². The van der Waals surface area contributed by atoms with Gasteiger partial charge in [-0.3, -0.25) is 4.79 Å². The molecule has 0 aliphatic carbocycles. The van der Waals surface area contributed by atoms with Crippen LogP contribution in [0.2, 0.25) is 0 Å². The second-order valence-electron chi connectivity index (χ2n) is 6.68. The van der Waals surface area contributed by atoms with Crippen molar-refractivity contribution in [2.24, 2.45) is 0 Å². The smallest absolute Gasteiger partial charge is 0.226 e. The Morgan fingerprint density at radius 1 is 1.19 bits per heavy atom. The third-order valence-electron chi connectivity index (χ3n) is 4.51. The SMILES string of the molecule is CCc1ccc(C(CNC(=O)Cc2csc(-c3cccs3)n2)N(C)C)cc1. The number of likely N-dealkylation sites (N-methyl/N-ethyl adjacent to an activating group) is 1. The second kappa shape index (κ2) is 9.26. The monoisotopic (exact) mass is 399 g/mol. The van der Waals surface area contributed by atoms with Gasteiger partial charge in [-0.1, -0.05) is 37.3 Å². The van der Waals surface area contributed by atoms with Crippen molar-refractivity contribution >= 4 is 28.6 Å². The number of thiophene rings is 1. The lowest BCUT2D eigenvalue weighted by molar-refractivity contribution is -0.120. The lowest BCUT2D eigenvalue weighted by atomic mass is 10.0. The molecule has 1 unspecified atom stereocenters. The first-order valence-electron chi connectivity index (χ1n) is 9.07. The van der Waals surface area contributed by atoms with Gasteiger partial charge in [0.1, 0.15) is 5.01 Å². The van der Waals surface area contributed by atoms with Crippen molar-refractivity contribution < 1.29 is 4.79 Å². The summed E-state index contributed by atoms with van der Waals surface area (Å²) >= 11 is 3.26. The molecule has 2 aromatic heterocycles. The molecule has 27 heavy (non-hydrogen) atoms. The molecule has 0 saturated heterocycles. The molecule has 6 heteroatoms. The Hall–Kier alpha value is -2.02. The number of aryl methyl sites for hydroxylation is 1. The molecule has 0 radical (unpaired) electrons. The molecule has 1 atom stereocenters. The van der Waals surface area contributed by atoms with E-state index in [1.165, 1.54) is 11.1 Å². The van der Waals surface area contributed by atoms with Gasteiger partial charge in [-0.2, -0.15) is 0 Å². The fraction of sp³-hybridized carbons (Fsp3) is 0.333. The van der Waals surface area contributed by atoms with Gasteiger partial charge in [-0.05, 0) is 43.1 Å². The maximum Gasteiger partial charge on any atom is 0.226 e. The average Bonchev–Trinajstić information content (AvgIpc) is 3.33. The van der Waals surface area contributed by atoms with Crippen LogP contribution in [0.15, 0.2) is 47.2 Å². The first-order valence-corrected chi connectivity index (χ1v) is 10.8. The fourth-order valence-corrected chi connectivity index (χ4v) is 4.55. The summed E-state index contributed by atoms with van der Waals surface area (Å²) in [5.41, 5.74) is 3.37. The molecule has 142 valence electrons. The topological polar surface area (TPSA) is 45.2 Å². The van der Waals surface area contributed by atoms with E-state index in [2.05, 4.69) is 52.5 Å². The Morgan fingerprint density at radius 3 is 2.59 bits per heavy atom. The summed E-state index contributed by atoms with van der Waals surface area (Å²) in [6, 6.07) is 12.9. The zero-order valence-electron chi connectivity index (χ0n) is 15.9. The van der Waals surface area contributed by atoms with Crippen LogP contribution in [0.25, 0.3) is 9.88 Å². The van der Waals surface area contributed by atoms with Crippen LogP contribution < -0.4 is 5.32 Å². The Labute approximate surface area is 168 Å². The number of amides is 1. The standard InChI is InChI=1S/C21H25N3OS2/c1-4-15-7-9-16(10-8-15)18(24(2)3)13-22-20(25)12-17-14-27-21(23-17)19-6-5-11-26-19/h5-11,14,18H,4,12-13H2,1-3H3,(H,22,25). The quantitative estimate of drug-likeness (QED) is 0.611. The largest absolute Gasteiger partial charge is 0.354 e. The van der Waals surface area contributed by atoms with Crippen molar-refractivity contribution in [1.29, 1.82) is 0 Å². The van der Waals surface area contributed by atoms with Crippen molar-refractivity contribution in [2.45, 2.75) is 25.8 Å². The zero-order valence-corrected chi connectivity index (χ0v) is 17.6. The number of carbonyl (C=O) groups excluding carboxylic acids is 1. The van der Waals surface area contributed by atoms with Crippen LogP contribution in [0.3, 0.4) is 0 Å². The number of thiazole rings is 1. The van der Waals surface area contributed by atoms with Crippen LogP contribution in [-0.2, 0) is 17.6 Å². The van der Waals surface area contributed by atoms with E-state index in [1.54, 1.807) is 22.7 Å². The van der Waals surface area contributed by atoms with Gasteiger partial charge in [-0.15, -0.1) is 22.7 Å². The van der Waals surface area contributed by atoms with Crippen LogP contribution in [0, 0.1) is 0 Å². The molecule has 0 saturated carbocycles. The van der Waals surface area contributed by atoms with Gasteiger partial charge in [0, 0.05) is 11.9 Å². The first kappa shape index (κ1) is 19.7. The van der Waals surface area contributed by atoms with Crippen molar-refractivity contribution in [2.75, 3.05) is 20.6 Å². The number of nitrogens with one attached hydrogen (secondary N) is 1. The van der Waals surface area contributed by atoms with E-state index < -0.39 is 0 Å². The third kappa shape index (κ3) is 5.25. The van der Waals surface area contributed by atoms with E-state index in [1.807, 2.05) is 30.9 Å². The Kier molecular flexibility index (Phi) is 6.77. The predicted octanol–water partition coefficient (Wildman–Crippen LogP) is 4.40. The summed E-state index contributed by atoms with van der Waals surface area (Å²) < 4.78 is 0. The van der Waals surface area contributed by atoms with Crippen molar-refractivity contribution in [3.05, 3.63) is 64.0 Å². The van der Waals surface area contributed by atoms with Gasteiger partial charge in [0.15, 0.2) is 0 Å². The number of benzene rings is 1. The molecule has 4 nitrogen and oxygen atoms in total. The molecule has 1 aromatic carbocycles. The van der Waals surface area contributed by atoms with Crippen LogP contribution >= 0.6 is 22.7 Å². The number of hydrogen-bond donors (Lipinski definition) is 1. The Balaban J connectivity index is 1.57. The third-order valence-corrected chi connectivity index (χ3v) is 6.44. The summed E-state index contributed by atoms with van der Waals surface area (Å²) in [6.45, 7) is 2.74. The maximum absolute atomic E-state index is 12.4. The zero-order chi connectivity index (χ0) is 19.2. The molecule has 2 heterocycles. The summed E-state index contributed by atoms with van der Waals surface area (Å²) in [6.07, 6.45) is 1.35. The summed E-state index contributed by atoms with van der Waals surface area (Å²) in [7, 11) is 4.08. The van der Waals surface area contributed by atoms with Gasteiger partial charge < -0.3 is 10.2 Å². The van der Waals surface area contributed by atoms with Crippen LogP contribution in [0.1, 0.15) is 29.8 Å². The molecule has 0 fully saturated rings. The van der Waals surface area contributed by atoms with Gasteiger partial charge in [-0.25, -0.2) is 4.98 Å². The lowest BCUT2D eigenvalue weighted by Gasteiger charge is -2.25. The van der Waals surface area contributed by atoms with E-state index in [4.69, 9.17) is 0 Å². The molecule has 0 bridgehead atoms.